The van der Waals surface area contributed by atoms with Crippen LogP contribution < -0.4 is 19.5 Å². The van der Waals surface area contributed by atoms with Gasteiger partial charge in [-0.05, 0) is 11.6 Å². The standard InChI is InChI=1S/C16H24N2O4/c1-19-14-8-11-12(15(20-2)16(14)21-3)9-17-10-13(11)18-4-6-22-7-5-18/h8,13,17H,4-7,9-10H2,1-3H3/t13-/m1/s1. The Bertz CT molecular complexity index is 529. The maximum absolute atomic E-state index is 5.62. The third kappa shape index (κ3) is 2.62. The largest absolute Gasteiger partial charge is 0.493 e. The van der Waals surface area contributed by atoms with E-state index in [1.165, 1.54) is 5.56 Å². The highest BCUT2D eigenvalue weighted by Crippen LogP contribution is 2.45. The first-order valence-electron chi connectivity index (χ1n) is 7.64. The van der Waals surface area contributed by atoms with Gasteiger partial charge in [-0.1, -0.05) is 0 Å². The predicted molar refractivity (Wildman–Crippen MR) is 82.9 cm³/mol. The Labute approximate surface area is 131 Å². The molecule has 0 saturated carbocycles. The molecular weight excluding hydrogens is 284 g/mol. The van der Waals surface area contributed by atoms with E-state index < -0.39 is 0 Å². The van der Waals surface area contributed by atoms with Crippen LogP contribution in [0.25, 0.3) is 0 Å². The quantitative estimate of drug-likeness (QED) is 0.902. The Kier molecular flexibility index (Phi) is 4.71. The summed E-state index contributed by atoms with van der Waals surface area (Å²) in [5.41, 5.74) is 2.41. The normalized spacial score (nSPS) is 22.0. The van der Waals surface area contributed by atoms with Crippen molar-refractivity contribution in [1.29, 1.82) is 0 Å². The highest BCUT2D eigenvalue weighted by molar-refractivity contribution is 5.60. The molecule has 6 heteroatoms. The molecule has 2 heterocycles. The van der Waals surface area contributed by atoms with E-state index >= 15 is 0 Å². The number of nitrogens with zero attached hydrogens (tertiary/aromatic N) is 1. The van der Waals surface area contributed by atoms with Crippen molar-refractivity contribution < 1.29 is 18.9 Å². The van der Waals surface area contributed by atoms with E-state index in [1.807, 2.05) is 0 Å². The lowest BCUT2D eigenvalue weighted by Gasteiger charge is -2.39. The Balaban J connectivity index is 2.05. The Morgan fingerprint density at radius 3 is 2.45 bits per heavy atom. The first-order valence-corrected chi connectivity index (χ1v) is 7.64. The smallest absolute Gasteiger partial charge is 0.203 e. The van der Waals surface area contributed by atoms with Gasteiger partial charge in [0.25, 0.3) is 0 Å². The van der Waals surface area contributed by atoms with Crippen LogP contribution >= 0.6 is 0 Å². The third-order valence-electron chi connectivity index (χ3n) is 4.45. The minimum atomic E-state index is 0.307. The van der Waals surface area contributed by atoms with Crippen molar-refractivity contribution in [2.24, 2.45) is 0 Å². The van der Waals surface area contributed by atoms with Gasteiger partial charge in [0.15, 0.2) is 11.5 Å². The topological polar surface area (TPSA) is 52.2 Å². The van der Waals surface area contributed by atoms with Crippen LogP contribution in [0.15, 0.2) is 6.07 Å². The molecule has 6 nitrogen and oxygen atoms in total. The van der Waals surface area contributed by atoms with Crippen LogP contribution in [0.3, 0.4) is 0 Å². The van der Waals surface area contributed by atoms with Crippen molar-refractivity contribution in [2.45, 2.75) is 12.6 Å². The van der Waals surface area contributed by atoms with Gasteiger partial charge in [0.2, 0.25) is 5.75 Å². The predicted octanol–water partition coefficient (Wildman–Crippen LogP) is 1.19. The third-order valence-corrected chi connectivity index (χ3v) is 4.45. The maximum Gasteiger partial charge on any atom is 0.203 e. The van der Waals surface area contributed by atoms with Gasteiger partial charge in [-0.3, -0.25) is 4.90 Å². The molecule has 1 aromatic rings. The summed E-state index contributed by atoms with van der Waals surface area (Å²) in [6, 6.07) is 2.40. The second kappa shape index (κ2) is 6.73. The van der Waals surface area contributed by atoms with Gasteiger partial charge in [-0.15, -0.1) is 0 Å². The molecule has 1 saturated heterocycles. The average Bonchev–Trinajstić information content (AvgIpc) is 2.60. The zero-order valence-electron chi connectivity index (χ0n) is 13.5. The summed E-state index contributed by atoms with van der Waals surface area (Å²) in [6.45, 7) is 5.17. The van der Waals surface area contributed by atoms with Gasteiger partial charge in [0.05, 0.1) is 34.5 Å². The van der Waals surface area contributed by atoms with Gasteiger partial charge >= 0.3 is 0 Å². The summed E-state index contributed by atoms with van der Waals surface area (Å²) in [7, 11) is 4.98. The molecule has 1 fully saturated rings. The lowest BCUT2D eigenvalue weighted by atomic mass is 9.93. The van der Waals surface area contributed by atoms with Crippen molar-refractivity contribution in [3.8, 4) is 17.2 Å². The number of methoxy groups -OCH3 is 3. The molecule has 2 aliphatic heterocycles. The number of morpholine rings is 1. The van der Waals surface area contributed by atoms with Crippen molar-refractivity contribution in [3.63, 3.8) is 0 Å². The summed E-state index contributed by atoms with van der Waals surface area (Å²) in [5.74, 6) is 2.15. The number of rotatable bonds is 4. The van der Waals surface area contributed by atoms with Crippen molar-refractivity contribution in [3.05, 3.63) is 17.2 Å². The molecule has 0 aromatic heterocycles. The van der Waals surface area contributed by atoms with Gasteiger partial charge in [-0.2, -0.15) is 0 Å². The van der Waals surface area contributed by atoms with Crippen LogP contribution in [0.5, 0.6) is 17.2 Å². The van der Waals surface area contributed by atoms with Crippen molar-refractivity contribution in [2.75, 3.05) is 54.2 Å². The molecule has 0 amide bonds. The molecule has 0 spiro atoms. The minimum absolute atomic E-state index is 0.307. The molecule has 0 radical (unpaired) electrons. The monoisotopic (exact) mass is 308 g/mol. The van der Waals surface area contributed by atoms with Gasteiger partial charge in [0, 0.05) is 37.8 Å². The molecule has 122 valence electrons. The Hall–Kier alpha value is -1.50. The fourth-order valence-electron chi connectivity index (χ4n) is 3.37. The molecular formula is C16H24N2O4. The number of nitrogens with one attached hydrogen (secondary N) is 1. The zero-order valence-corrected chi connectivity index (χ0v) is 13.5. The van der Waals surface area contributed by atoms with Crippen molar-refractivity contribution >= 4 is 0 Å². The lowest BCUT2D eigenvalue weighted by molar-refractivity contribution is 0.0144. The summed E-state index contributed by atoms with van der Waals surface area (Å²) in [6.07, 6.45) is 0. The molecule has 1 aromatic carbocycles. The second-order valence-electron chi connectivity index (χ2n) is 5.51. The van der Waals surface area contributed by atoms with Crippen LogP contribution in [0.2, 0.25) is 0 Å². The first kappa shape index (κ1) is 15.4. The van der Waals surface area contributed by atoms with Crippen LogP contribution in [0.1, 0.15) is 17.2 Å². The van der Waals surface area contributed by atoms with E-state index in [0.29, 0.717) is 11.8 Å². The van der Waals surface area contributed by atoms with E-state index in [1.54, 1.807) is 21.3 Å². The van der Waals surface area contributed by atoms with E-state index in [4.69, 9.17) is 18.9 Å². The number of hydrogen-bond donors (Lipinski definition) is 1. The van der Waals surface area contributed by atoms with Crippen LogP contribution in [0.4, 0.5) is 0 Å². The molecule has 0 unspecified atom stereocenters. The number of ether oxygens (including phenoxy) is 4. The molecule has 0 aliphatic carbocycles. The molecule has 22 heavy (non-hydrogen) atoms. The van der Waals surface area contributed by atoms with Crippen molar-refractivity contribution in [1.82, 2.24) is 10.2 Å². The summed E-state index contributed by atoms with van der Waals surface area (Å²) < 4.78 is 22.1. The summed E-state index contributed by atoms with van der Waals surface area (Å²) in [4.78, 5) is 2.46. The SMILES string of the molecule is COc1cc2c(c(OC)c1OC)CNC[C@H]2N1CCOCC1. The lowest BCUT2D eigenvalue weighted by Crippen LogP contribution is -2.45. The van der Waals surface area contributed by atoms with Crippen LogP contribution in [-0.2, 0) is 11.3 Å². The van der Waals surface area contributed by atoms with E-state index in [2.05, 4.69) is 16.3 Å². The minimum Gasteiger partial charge on any atom is -0.493 e. The molecule has 1 N–H and O–H groups in total. The molecule has 2 aliphatic rings. The molecule has 0 bridgehead atoms. The van der Waals surface area contributed by atoms with E-state index in [-0.39, 0.29) is 0 Å². The fourth-order valence-corrected chi connectivity index (χ4v) is 3.37. The first-order chi connectivity index (χ1) is 10.8. The highest BCUT2D eigenvalue weighted by atomic mass is 16.5. The molecule has 3 rings (SSSR count). The summed E-state index contributed by atoms with van der Waals surface area (Å²) in [5, 5.41) is 3.49. The maximum atomic E-state index is 5.62. The highest BCUT2D eigenvalue weighted by Gasteiger charge is 2.31. The van der Waals surface area contributed by atoms with E-state index in [0.717, 1.165) is 56.5 Å². The van der Waals surface area contributed by atoms with Crippen LogP contribution in [0, 0.1) is 0 Å². The Morgan fingerprint density at radius 2 is 1.82 bits per heavy atom. The van der Waals surface area contributed by atoms with Gasteiger partial charge in [0.1, 0.15) is 0 Å². The number of benzene rings is 1. The van der Waals surface area contributed by atoms with Gasteiger partial charge in [-0.25, -0.2) is 0 Å². The van der Waals surface area contributed by atoms with E-state index in [9.17, 15) is 0 Å². The summed E-state index contributed by atoms with van der Waals surface area (Å²) >= 11 is 0. The number of hydrogen-bond acceptors (Lipinski definition) is 6. The second-order valence-corrected chi connectivity index (χ2v) is 5.51. The Morgan fingerprint density at radius 1 is 1.09 bits per heavy atom. The van der Waals surface area contributed by atoms with Gasteiger partial charge < -0.3 is 24.3 Å². The fraction of sp³-hybridized carbons (Fsp3) is 0.625. The van der Waals surface area contributed by atoms with Crippen LogP contribution in [-0.4, -0.2) is 59.1 Å². The number of fused-ring (bicyclic) bond motifs is 1. The average molecular weight is 308 g/mol. The zero-order chi connectivity index (χ0) is 15.5. The molecule has 1 atom stereocenters.